The van der Waals surface area contributed by atoms with E-state index in [1.54, 1.807) is 0 Å². The number of carbonyl (C=O) groups excluding carboxylic acids is 1. The zero-order chi connectivity index (χ0) is 10.9. The van der Waals surface area contributed by atoms with Crippen LogP contribution in [0.5, 0.6) is 0 Å². The predicted molar refractivity (Wildman–Crippen MR) is 43.7 cm³/mol. The van der Waals surface area contributed by atoms with Gasteiger partial charge in [-0.15, -0.1) is 0 Å². The second kappa shape index (κ2) is 3.83. The normalized spacial score (nSPS) is 10.6. The Kier molecular flexibility index (Phi) is 2.95. The molecule has 1 rings (SSSR count). The van der Waals surface area contributed by atoms with Crippen molar-refractivity contribution in [2.24, 2.45) is 0 Å². The summed E-state index contributed by atoms with van der Waals surface area (Å²) in [5, 5.41) is -1.25. The Balaban J connectivity index is 3.41. The van der Waals surface area contributed by atoms with Crippen molar-refractivity contribution in [3.63, 3.8) is 0 Å². The zero-order valence-corrected chi connectivity index (χ0v) is 7.36. The lowest BCUT2D eigenvalue weighted by Gasteiger charge is -2.06. The Morgan fingerprint density at radius 3 is 2.57 bits per heavy atom. The number of hydrogen-bond acceptors (Lipinski definition) is 3. The minimum atomic E-state index is -3.12. The van der Waals surface area contributed by atoms with Gasteiger partial charge in [-0.25, -0.2) is 18.2 Å². The fourth-order valence-electron chi connectivity index (χ4n) is 0.873. The Bertz CT molecular complexity index is 383. The van der Waals surface area contributed by atoms with Gasteiger partial charge in [-0.1, -0.05) is 0 Å². The third-order valence-electron chi connectivity index (χ3n) is 1.49. The van der Waals surface area contributed by atoms with Crippen LogP contribution in [-0.2, 0) is 0 Å². The molecule has 76 valence electrons. The molecule has 0 unspecified atom stereocenters. The molecule has 1 aromatic heterocycles. The van der Waals surface area contributed by atoms with Crippen LogP contribution in [0.25, 0.3) is 0 Å². The molecule has 0 saturated carbocycles. The predicted octanol–water partition coefficient (Wildman–Crippen LogP) is 2.12. The summed E-state index contributed by atoms with van der Waals surface area (Å²) in [6.07, 6.45) is -2.35. The number of pyridine rings is 1. The van der Waals surface area contributed by atoms with Gasteiger partial charge in [-0.3, -0.25) is 4.79 Å². The van der Waals surface area contributed by atoms with Gasteiger partial charge in [0, 0.05) is 0 Å². The number of nitrogens with zero attached hydrogens (tertiary/aromatic N) is 1. The molecule has 7 heteroatoms. The summed E-state index contributed by atoms with van der Waals surface area (Å²) in [7, 11) is 0. The molecule has 0 amide bonds. The highest BCUT2D eigenvalue weighted by Crippen LogP contribution is 2.28. The van der Waals surface area contributed by atoms with Crippen LogP contribution in [0, 0.1) is 5.82 Å². The van der Waals surface area contributed by atoms with Crippen molar-refractivity contribution in [3.8, 4) is 0 Å². The van der Waals surface area contributed by atoms with Crippen molar-refractivity contribution in [2.75, 3.05) is 5.73 Å². The Labute approximate surface area is 81.7 Å². The number of nitrogen functional groups attached to an aromatic ring is 1. The Morgan fingerprint density at radius 1 is 1.57 bits per heavy atom. The quantitative estimate of drug-likeness (QED) is 0.783. The third-order valence-corrected chi connectivity index (χ3v) is 1.67. The largest absolute Gasteiger partial charge is 0.397 e. The van der Waals surface area contributed by atoms with E-state index in [4.69, 9.17) is 17.3 Å². The molecule has 14 heavy (non-hydrogen) atoms. The van der Waals surface area contributed by atoms with Gasteiger partial charge in [0.2, 0.25) is 0 Å². The first-order valence-electron chi connectivity index (χ1n) is 3.37. The van der Waals surface area contributed by atoms with Crippen molar-refractivity contribution in [2.45, 2.75) is 6.43 Å². The van der Waals surface area contributed by atoms with Crippen molar-refractivity contribution >= 4 is 22.5 Å². The number of carbonyl (C=O) groups is 1. The molecule has 0 aromatic carbocycles. The maximum absolute atomic E-state index is 13.1. The average molecular weight is 225 g/mol. The van der Waals surface area contributed by atoms with Gasteiger partial charge in [0.25, 0.3) is 11.7 Å². The van der Waals surface area contributed by atoms with E-state index in [2.05, 4.69) is 4.98 Å². The summed E-state index contributed by atoms with van der Waals surface area (Å²) in [5.74, 6) is -1.47. The van der Waals surface area contributed by atoms with Crippen molar-refractivity contribution < 1.29 is 18.0 Å². The minimum Gasteiger partial charge on any atom is -0.397 e. The number of nitrogens with two attached hydrogens (primary N) is 1. The molecule has 0 bridgehead atoms. The number of halogens is 4. The van der Waals surface area contributed by atoms with Gasteiger partial charge in [-0.05, 0) is 11.6 Å². The van der Waals surface area contributed by atoms with Gasteiger partial charge in [0.05, 0.1) is 17.4 Å². The summed E-state index contributed by atoms with van der Waals surface area (Å²) in [4.78, 5) is 13.7. The molecule has 0 spiro atoms. The smallest absolute Gasteiger partial charge is 0.273 e. The number of alkyl halides is 2. The van der Waals surface area contributed by atoms with Crippen LogP contribution in [0.1, 0.15) is 22.5 Å². The molecule has 0 saturated heterocycles. The maximum Gasteiger partial charge on any atom is 0.273 e. The number of rotatable bonds is 2. The molecule has 0 aliphatic rings. The lowest BCUT2D eigenvalue weighted by atomic mass is 10.2. The van der Waals surface area contributed by atoms with Crippen molar-refractivity contribution in [1.29, 1.82) is 0 Å². The standard InChI is InChI=1S/C7H4ClF3N2O/c8-6(14)5-4(9)3(7(10)11)2(12)1-13-5/h1,7H,12H2. The third kappa shape index (κ3) is 1.79. The van der Waals surface area contributed by atoms with Crippen LogP contribution in [0.2, 0.25) is 0 Å². The van der Waals surface area contributed by atoms with Crippen LogP contribution in [0.4, 0.5) is 18.9 Å². The highest BCUT2D eigenvalue weighted by molar-refractivity contribution is 6.67. The second-order valence-corrected chi connectivity index (χ2v) is 2.71. The van der Waals surface area contributed by atoms with Crippen LogP contribution >= 0.6 is 11.6 Å². The molecule has 0 aliphatic carbocycles. The van der Waals surface area contributed by atoms with Crippen LogP contribution in [-0.4, -0.2) is 10.2 Å². The molecule has 1 heterocycles. The average Bonchev–Trinajstić information content (AvgIpc) is 2.02. The van der Waals surface area contributed by atoms with Gasteiger partial charge in [0.1, 0.15) is 0 Å². The maximum atomic E-state index is 13.1. The van der Waals surface area contributed by atoms with Crippen molar-refractivity contribution in [3.05, 3.63) is 23.3 Å². The lowest BCUT2D eigenvalue weighted by molar-refractivity contribution is 0.107. The summed E-state index contributed by atoms with van der Waals surface area (Å²) in [6.45, 7) is 0. The molecular formula is C7H4ClF3N2O. The number of anilines is 1. The van der Waals surface area contributed by atoms with E-state index in [9.17, 15) is 18.0 Å². The summed E-state index contributed by atoms with van der Waals surface area (Å²) >= 11 is 4.91. The van der Waals surface area contributed by atoms with Crippen LogP contribution in [0.3, 0.4) is 0 Å². The van der Waals surface area contributed by atoms with E-state index in [1.807, 2.05) is 0 Å². The fraction of sp³-hybridized carbons (Fsp3) is 0.143. The Morgan fingerprint density at radius 2 is 2.14 bits per heavy atom. The monoisotopic (exact) mass is 224 g/mol. The molecule has 2 N–H and O–H groups in total. The van der Waals surface area contributed by atoms with Gasteiger partial charge in [-0.2, -0.15) is 0 Å². The van der Waals surface area contributed by atoms with Gasteiger partial charge >= 0.3 is 0 Å². The highest BCUT2D eigenvalue weighted by atomic mass is 35.5. The first-order chi connectivity index (χ1) is 6.45. The Hall–Kier alpha value is -1.30. The van der Waals surface area contributed by atoms with E-state index in [1.165, 1.54) is 0 Å². The second-order valence-electron chi connectivity index (χ2n) is 2.36. The minimum absolute atomic E-state index is 0.515. The first-order valence-corrected chi connectivity index (χ1v) is 3.74. The molecule has 1 aromatic rings. The van der Waals surface area contributed by atoms with E-state index in [-0.39, 0.29) is 0 Å². The SMILES string of the molecule is Nc1cnc(C(=O)Cl)c(F)c1C(F)F. The summed E-state index contributed by atoms with van der Waals surface area (Å²) in [5.41, 5.74) is 2.64. The van der Waals surface area contributed by atoms with Gasteiger partial charge < -0.3 is 5.73 Å². The molecule has 0 atom stereocenters. The highest BCUT2D eigenvalue weighted by Gasteiger charge is 2.23. The van der Waals surface area contributed by atoms with E-state index < -0.39 is 34.4 Å². The molecule has 0 fully saturated rings. The number of hydrogen-bond donors (Lipinski definition) is 1. The summed E-state index contributed by atoms with van der Waals surface area (Å²) in [6, 6.07) is 0. The molecular weight excluding hydrogens is 221 g/mol. The van der Waals surface area contributed by atoms with E-state index in [0.29, 0.717) is 0 Å². The topological polar surface area (TPSA) is 56.0 Å². The van der Waals surface area contributed by atoms with Crippen LogP contribution in [0.15, 0.2) is 6.20 Å². The van der Waals surface area contributed by atoms with Gasteiger partial charge in [0.15, 0.2) is 11.5 Å². The fourth-order valence-corrected chi connectivity index (χ4v) is 1.01. The van der Waals surface area contributed by atoms with Crippen molar-refractivity contribution in [1.82, 2.24) is 4.98 Å². The molecule has 3 nitrogen and oxygen atoms in total. The summed E-state index contributed by atoms with van der Waals surface area (Å²) < 4.78 is 37.6. The van der Waals surface area contributed by atoms with E-state index in [0.717, 1.165) is 6.20 Å². The molecule has 0 radical (unpaired) electrons. The van der Waals surface area contributed by atoms with E-state index >= 15 is 0 Å². The molecule has 0 aliphatic heterocycles. The lowest BCUT2D eigenvalue weighted by Crippen LogP contribution is -2.07. The first kappa shape index (κ1) is 10.8. The van der Waals surface area contributed by atoms with Crippen LogP contribution < -0.4 is 5.73 Å². The zero-order valence-electron chi connectivity index (χ0n) is 6.60. The number of aromatic nitrogens is 1.